The van der Waals surface area contributed by atoms with Crippen LogP contribution in [-0.2, 0) is 6.54 Å². The van der Waals surface area contributed by atoms with E-state index in [1.54, 1.807) is 0 Å². The summed E-state index contributed by atoms with van der Waals surface area (Å²) in [6, 6.07) is 4.71. The number of rotatable bonds is 3. The van der Waals surface area contributed by atoms with Crippen molar-refractivity contribution in [1.29, 1.82) is 0 Å². The first-order chi connectivity index (χ1) is 10.6. The monoisotopic (exact) mass is 324 g/mol. The molecule has 0 spiro atoms. The van der Waals surface area contributed by atoms with Gasteiger partial charge in [-0.2, -0.15) is 0 Å². The number of hydrogen-bond acceptors (Lipinski definition) is 4. The molecular weight excluding hydrogens is 300 g/mol. The van der Waals surface area contributed by atoms with Crippen molar-refractivity contribution in [1.82, 2.24) is 4.90 Å². The Kier molecular flexibility index (Phi) is 5.11. The van der Waals surface area contributed by atoms with Crippen LogP contribution in [-0.4, -0.2) is 36.7 Å². The van der Waals surface area contributed by atoms with Crippen LogP contribution in [0.1, 0.15) is 38.2 Å². The molecule has 5 heteroatoms. The van der Waals surface area contributed by atoms with Gasteiger partial charge in [0.1, 0.15) is 0 Å². The number of nitrogens with two attached hydrogens (primary N) is 1. The van der Waals surface area contributed by atoms with Crippen molar-refractivity contribution in [2.45, 2.75) is 51.2 Å². The number of piperidine rings is 1. The molecule has 2 heterocycles. The van der Waals surface area contributed by atoms with E-state index in [0.29, 0.717) is 30.0 Å². The van der Waals surface area contributed by atoms with Gasteiger partial charge in [0.2, 0.25) is 0 Å². The molecule has 2 aliphatic rings. The Bertz CT molecular complexity index is 522. The number of fused-ring (bicyclic) bond motifs is 1. The third-order valence-electron chi connectivity index (χ3n) is 4.52. The summed E-state index contributed by atoms with van der Waals surface area (Å²) in [5.41, 5.74) is 7.33. The van der Waals surface area contributed by atoms with Gasteiger partial charge in [-0.25, -0.2) is 0 Å². The van der Waals surface area contributed by atoms with Gasteiger partial charge >= 0.3 is 0 Å². The van der Waals surface area contributed by atoms with E-state index in [2.05, 4.69) is 17.9 Å². The summed E-state index contributed by atoms with van der Waals surface area (Å²) >= 11 is 6.39. The Morgan fingerprint density at radius 1 is 1.27 bits per heavy atom. The SMILES string of the molecule is CC(N)C1CCCCN1Cc1cc(Cl)c2c(c1)OCCCO2. The quantitative estimate of drug-likeness (QED) is 0.927. The van der Waals surface area contributed by atoms with Crippen LogP contribution in [0.15, 0.2) is 12.1 Å². The highest BCUT2D eigenvalue weighted by atomic mass is 35.5. The van der Waals surface area contributed by atoms with E-state index in [1.165, 1.54) is 24.8 Å². The number of likely N-dealkylation sites (tertiary alicyclic amines) is 1. The van der Waals surface area contributed by atoms with Gasteiger partial charge in [0.05, 0.1) is 18.2 Å². The van der Waals surface area contributed by atoms with Gasteiger partial charge in [-0.1, -0.05) is 18.0 Å². The molecule has 2 aliphatic heterocycles. The minimum absolute atomic E-state index is 0.191. The largest absolute Gasteiger partial charge is 0.489 e. The van der Waals surface area contributed by atoms with E-state index in [0.717, 1.165) is 25.3 Å². The van der Waals surface area contributed by atoms with Gasteiger partial charge in [-0.3, -0.25) is 4.90 Å². The van der Waals surface area contributed by atoms with Crippen LogP contribution < -0.4 is 15.2 Å². The lowest BCUT2D eigenvalue weighted by Gasteiger charge is -2.38. The van der Waals surface area contributed by atoms with Crippen LogP contribution in [0.3, 0.4) is 0 Å². The second-order valence-corrected chi connectivity index (χ2v) is 6.76. The van der Waals surface area contributed by atoms with Gasteiger partial charge in [0, 0.05) is 25.0 Å². The van der Waals surface area contributed by atoms with Crippen LogP contribution in [0.2, 0.25) is 5.02 Å². The van der Waals surface area contributed by atoms with Gasteiger partial charge in [0.25, 0.3) is 0 Å². The number of nitrogens with zero attached hydrogens (tertiary/aromatic N) is 1. The number of halogens is 1. The number of hydrogen-bond donors (Lipinski definition) is 1. The molecule has 0 saturated carbocycles. The molecule has 1 fully saturated rings. The summed E-state index contributed by atoms with van der Waals surface area (Å²) in [5, 5.41) is 0.642. The molecule has 2 unspecified atom stereocenters. The zero-order chi connectivity index (χ0) is 15.5. The fourth-order valence-corrected chi connectivity index (χ4v) is 3.71. The highest BCUT2D eigenvalue weighted by Crippen LogP contribution is 2.38. The zero-order valence-electron chi connectivity index (χ0n) is 13.2. The van der Waals surface area contributed by atoms with Crippen LogP contribution in [0.4, 0.5) is 0 Å². The smallest absolute Gasteiger partial charge is 0.179 e. The molecule has 122 valence electrons. The second-order valence-electron chi connectivity index (χ2n) is 6.35. The Morgan fingerprint density at radius 2 is 2.09 bits per heavy atom. The Hall–Kier alpha value is -0.970. The Morgan fingerprint density at radius 3 is 2.91 bits per heavy atom. The topological polar surface area (TPSA) is 47.7 Å². The average Bonchev–Trinajstić information content (AvgIpc) is 2.73. The van der Waals surface area contributed by atoms with Crippen LogP contribution in [0.25, 0.3) is 0 Å². The van der Waals surface area contributed by atoms with E-state index in [-0.39, 0.29) is 6.04 Å². The lowest BCUT2D eigenvalue weighted by Crippen LogP contribution is -2.48. The van der Waals surface area contributed by atoms with E-state index < -0.39 is 0 Å². The molecule has 0 aromatic heterocycles. The lowest BCUT2D eigenvalue weighted by molar-refractivity contribution is 0.123. The summed E-state index contributed by atoms with van der Waals surface area (Å²) in [6.45, 7) is 5.40. The van der Waals surface area contributed by atoms with Crippen molar-refractivity contribution < 1.29 is 9.47 Å². The van der Waals surface area contributed by atoms with Crippen LogP contribution >= 0.6 is 11.6 Å². The Labute approximate surface area is 137 Å². The van der Waals surface area contributed by atoms with Gasteiger partial charge in [-0.15, -0.1) is 0 Å². The summed E-state index contributed by atoms with van der Waals surface area (Å²) < 4.78 is 11.5. The minimum Gasteiger partial charge on any atom is -0.489 e. The van der Waals surface area contributed by atoms with Gasteiger partial charge in [0.15, 0.2) is 11.5 Å². The van der Waals surface area contributed by atoms with Gasteiger partial charge in [-0.05, 0) is 44.0 Å². The third-order valence-corrected chi connectivity index (χ3v) is 4.80. The molecule has 1 saturated heterocycles. The molecule has 1 aromatic carbocycles. The summed E-state index contributed by atoms with van der Waals surface area (Å²) in [6.07, 6.45) is 4.57. The summed E-state index contributed by atoms with van der Waals surface area (Å²) in [4.78, 5) is 2.48. The first-order valence-electron chi connectivity index (χ1n) is 8.23. The number of ether oxygens (including phenoxy) is 2. The standard InChI is InChI=1S/C17H25ClN2O2/c1-12(19)15-5-2-3-6-20(15)11-13-9-14(18)17-16(10-13)21-7-4-8-22-17/h9-10,12,15H,2-8,11,19H2,1H3. The lowest BCUT2D eigenvalue weighted by atomic mass is 9.96. The van der Waals surface area contributed by atoms with Crippen molar-refractivity contribution in [3.05, 3.63) is 22.7 Å². The Balaban J connectivity index is 1.80. The maximum absolute atomic E-state index is 6.39. The van der Waals surface area contributed by atoms with Crippen molar-refractivity contribution in [3.8, 4) is 11.5 Å². The average molecular weight is 325 g/mol. The molecule has 4 nitrogen and oxygen atoms in total. The molecule has 3 rings (SSSR count). The minimum atomic E-state index is 0.191. The van der Waals surface area contributed by atoms with Crippen molar-refractivity contribution in [2.24, 2.45) is 5.73 Å². The third kappa shape index (κ3) is 3.50. The molecule has 1 aromatic rings. The maximum Gasteiger partial charge on any atom is 0.179 e. The molecule has 22 heavy (non-hydrogen) atoms. The van der Waals surface area contributed by atoms with Crippen molar-refractivity contribution >= 4 is 11.6 Å². The van der Waals surface area contributed by atoms with Crippen molar-refractivity contribution in [2.75, 3.05) is 19.8 Å². The van der Waals surface area contributed by atoms with Crippen LogP contribution in [0, 0.1) is 0 Å². The molecule has 0 bridgehead atoms. The van der Waals surface area contributed by atoms with E-state index in [4.69, 9.17) is 26.8 Å². The van der Waals surface area contributed by atoms with Crippen molar-refractivity contribution in [3.63, 3.8) is 0 Å². The molecule has 2 atom stereocenters. The van der Waals surface area contributed by atoms with Crippen LogP contribution in [0.5, 0.6) is 11.5 Å². The van der Waals surface area contributed by atoms with E-state index in [1.807, 2.05) is 6.07 Å². The highest BCUT2D eigenvalue weighted by molar-refractivity contribution is 6.32. The van der Waals surface area contributed by atoms with E-state index in [9.17, 15) is 0 Å². The first kappa shape index (κ1) is 15.9. The molecular formula is C17H25ClN2O2. The highest BCUT2D eigenvalue weighted by Gasteiger charge is 2.26. The molecule has 0 aliphatic carbocycles. The molecule has 0 radical (unpaired) electrons. The fourth-order valence-electron chi connectivity index (χ4n) is 3.42. The van der Waals surface area contributed by atoms with E-state index >= 15 is 0 Å². The molecule has 0 amide bonds. The normalized spacial score (nSPS) is 23.9. The molecule has 2 N–H and O–H groups in total. The first-order valence-corrected chi connectivity index (χ1v) is 8.60. The predicted molar refractivity (Wildman–Crippen MR) is 88.8 cm³/mol. The fraction of sp³-hybridized carbons (Fsp3) is 0.647. The number of benzene rings is 1. The van der Waals surface area contributed by atoms with Gasteiger partial charge < -0.3 is 15.2 Å². The maximum atomic E-state index is 6.39. The summed E-state index contributed by atoms with van der Waals surface area (Å²) in [7, 11) is 0. The predicted octanol–water partition coefficient (Wildman–Crippen LogP) is 3.20. The zero-order valence-corrected chi connectivity index (χ0v) is 13.9. The second kappa shape index (κ2) is 7.07. The summed E-state index contributed by atoms with van der Waals surface area (Å²) in [5.74, 6) is 1.46.